The summed E-state index contributed by atoms with van der Waals surface area (Å²) in [5, 5.41) is 2.81. The van der Waals surface area contributed by atoms with Crippen LogP contribution < -0.4 is 5.32 Å². The molecule has 0 spiro atoms. The number of rotatable bonds is 5. The number of imidazole rings is 2. The van der Waals surface area contributed by atoms with Crippen LogP contribution in [0.1, 0.15) is 46.5 Å². The lowest BCUT2D eigenvalue weighted by molar-refractivity contribution is -0.179. The first kappa shape index (κ1) is 24.0. The number of carbonyl (C=O) groups is 1. The van der Waals surface area contributed by atoms with Crippen molar-refractivity contribution in [1.29, 1.82) is 0 Å². The maximum absolute atomic E-state index is 15.0. The number of hydrogen-bond donors (Lipinski definition) is 1. The number of nitrogens with one attached hydrogen (secondary N) is 1. The highest BCUT2D eigenvalue weighted by atomic mass is 19.4. The lowest BCUT2D eigenvalue weighted by atomic mass is 9.97. The summed E-state index contributed by atoms with van der Waals surface area (Å²) < 4.78 is 57.6. The molecule has 36 heavy (non-hydrogen) atoms. The third-order valence-electron chi connectivity index (χ3n) is 6.46. The van der Waals surface area contributed by atoms with Crippen LogP contribution in [0.3, 0.4) is 0 Å². The van der Waals surface area contributed by atoms with Crippen LogP contribution in [0.5, 0.6) is 0 Å². The van der Waals surface area contributed by atoms with Gasteiger partial charge in [0.05, 0.1) is 17.3 Å². The van der Waals surface area contributed by atoms with Crippen molar-refractivity contribution in [3.8, 4) is 11.3 Å². The molecule has 3 aromatic heterocycles. The minimum atomic E-state index is -4.27. The van der Waals surface area contributed by atoms with E-state index in [-0.39, 0.29) is 37.4 Å². The highest BCUT2D eigenvalue weighted by Gasteiger charge is 2.41. The molecule has 0 fully saturated rings. The molecule has 188 valence electrons. The fraction of sp³-hybridized carbons (Fsp3) is 0.360. The Morgan fingerprint density at radius 1 is 1.22 bits per heavy atom. The number of hydrogen-bond acceptors (Lipinski definition) is 4. The zero-order valence-electron chi connectivity index (χ0n) is 19.7. The molecule has 0 aliphatic carbocycles. The SMILES string of the molecule is CCc1nc2ncc(C)cn2c1C(=O)NCc1ccc(-c2cn3c(n2)CC(C(F)(F)F)CC3)c(F)c1. The van der Waals surface area contributed by atoms with Crippen LogP contribution in [0, 0.1) is 18.7 Å². The quantitative estimate of drug-likeness (QED) is 0.405. The van der Waals surface area contributed by atoms with E-state index < -0.39 is 17.9 Å². The van der Waals surface area contributed by atoms with Crippen molar-refractivity contribution in [2.45, 2.75) is 52.4 Å². The van der Waals surface area contributed by atoms with E-state index in [4.69, 9.17) is 0 Å². The molecule has 1 N–H and O–H groups in total. The maximum atomic E-state index is 15.0. The molecular formula is C25H24F4N6O. The fourth-order valence-corrected chi connectivity index (χ4v) is 4.54. The maximum Gasteiger partial charge on any atom is 0.392 e. The molecule has 0 radical (unpaired) electrons. The van der Waals surface area contributed by atoms with Crippen LogP contribution in [-0.2, 0) is 25.9 Å². The number of fused-ring (bicyclic) bond motifs is 2. The summed E-state index contributed by atoms with van der Waals surface area (Å²) in [6, 6.07) is 4.50. The Hall–Kier alpha value is -3.76. The molecule has 1 aromatic carbocycles. The highest BCUT2D eigenvalue weighted by Crippen LogP contribution is 2.36. The van der Waals surface area contributed by atoms with Gasteiger partial charge in [0.1, 0.15) is 17.3 Å². The number of aromatic nitrogens is 5. The van der Waals surface area contributed by atoms with Gasteiger partial charge in [-0.15, -0.1) is 0 Å². The number of carbonyl (C=O) groups excluding carboxylic acids is 1. The Balaban J connectivity index is 1.32. The molecule has 0 bridgehead atoms. The van der Waals surface area contributed by atoms with E-state index in [0.717, 1.165) is 5.56 Å². The van der Waals surface area contributed by atoms with E-state index in [1.807, 2.05) is 13.8 Å². The molecule has 11 heteroatoms. The summed E-state index contributed by atoms with van der Waals surface area (Å²) in [4.78, 5) is 25.9. The predicted octanol–water partition coefficient (Wildman–Crippen LogP) is 4.66. The summed E-state index contributed by atoms with van der Waals surface area (Å²) >= 11 is 0. The topological polar surface area (TPSA) is 77.1 Å². The minimum Gasteiger partial charge on any atom is -0.347 e. The van der Waals surface area contributed by atoms with Crippen LogP contribution in [-0.4, -0.2) is 36.0 Å². The smallest absolute Gasteiger partial charge is 0.347 e. The summed E-state index contributed by atoms with van der Waals surface area (Å²) in [6.45, 7) is 4.04. The number of nitrogens with zero attached hydrogens (tertiary/aromatic N) is 5. The Labute approximate surface area is 204 Å². The summed E-state index contributed by atoms with van der Waals surface area (Å²) in [5.74, 6) is -1.61. The van der Waals surface area contributed by atoms with Gasteiger partial charge in [-0.1, -0.05) is 13.0 Å². The number of benzene rings is 1. The van der Waals surface area contributed by atoms with Gasteiger partial charge in [0.2, 0.25) is 5.78 Å². The first-order chi connectivity index (χ1) is 17.1. The molecule has 5 rings (SSSR count). The van der Waals surface area contributed by atoms with Crippen molar-refractivity contribution in [3.63, 3.8) is 0 Å². The average molecular weight is 501 g/mol. The van der Waals surface area contributed by atoms with E-state index >= 15 is 0 Å². The molecule has 1 amide bonds. The monoisotopic (exact) mass is 500 g/mol. The van der Waals surface area contributed by atoms with Gasteiger partial charge in [0.25, 0.3) is 5.91 Å². The van der Waals surface area contributed by atoms with E-state index in [1.165, 1.54) is 12.1 Å². The van der Waals surface area contributed by atoms with Crippen LogP contribution in [0.25, 0.3) is 17.0 Å². The molecule has 4 aromatic rings. The number of aryl methyl sites for hydroxylation is 3. The highest BCUT2D eigenvalue weighted by molar-refractivity contribution is 5.94. The van der Waals surface area contributed by atoms with Gasteiger partial charge >= 0.3 is 6.18 Å². The third-order valence-corrected chi connectivity index (χ3v) is 6.46. The Kier molecular flexibility index (Phi) is 6.01. The number of halogens is 4. The second-order valence-corrected chi connectivity index (χ2v) is 9.03. The van der Waals surface area contributed by atoms with E-state index in [9.17, 15) is 22.4 Å². The molecule has 0 saturated heterocycles. The van der Waals surface area contributed by atoms with E-state index in [0.29, 0.717) is 40.7 Å². The molecule has 1 aliphatic heterocycles. The number of alkyl halides is 3. The molecule has 1 unspecified atom stereocenters. The molecule has 1 aliphatic rings. The first-order valence-corrected chi connectivity index (χ1v) is 11.7. The fourth-order valence-electron chi connectivity index (χ4n) is 4.54. The van der Waals surface area contributed by atoms with Crippen molar-refractivity contribution in [1.82, 2.24) is 29.2 Å². The molecular weight excluding hydrogens is 476 g/mol. The minimum absolute atomic E-state index is 0.0186. The van der Waals surface area contributed by atoms with Gasteiger partial charge < -0.3 is 9.88 Å². The standard InChI is InChI=1S/C25H24F4N6O/c1-3-19-22(35-12-14(2)10-31-24(35)33-19)23(36)30-11-15-4-5-17(18(26)8-15)20-13-34-7-6-16(25(27,28)29)9-21(34)32-20/h4-5,8,10,12-13,16H,3,6-7,9,11H2,1-2H3,(H,30,36). The Morgan fingerprint density at radius 3 is 2.75 bits per heavy atom. The summed E-state index contributed by atoms with van der Waals surface area (Å²) in [7, 11) is 0. The zero-order valence-corrected chi connectivity index (χ0v) is 19.7. The average Bonchev–Trinajstić information content (AvgIpc) is 3.42. The van der Waals surface area contributed by atoms with Crippen molar-refractivity contribution < 1.29 is 22.4 Å². The van der Waals surface area contributed by atoms with Crippen LogP contribution in [0.4, 0.5) is 17.6 Å². The largest absolute Gasteiger partial charge is 0.392 e. The van der Waals surface area contributed by atoms with Gasteiger partial charge in [-0.2, -0.15) is 13.2 Å². The summed E-state index contributed by atoms with van der Waals surface area (Å²) in [6.07, 6.45) is 1.10. The first-order valence-electron chi connectivity index (χ1n) is 11.7. The van der Waals surface area contributed by atoms with E-state index in [1.54, 1.807) is 33.6 Å². The van der Waals surface area contributed by atoms with Gasteiger partial charge in [0, 0.05) is 43.7 Å². The Morgan fingerprint density at radius 2 is 2.03 bits per heavy atom. The molecule has 7 nitrogen and oxygen atoms in total. The lowest BCUT2D eigenvalue weighted by Gasteiger charge is -2.25. The molecule has 0 saturated carbocycles. The van der Waals surface area contributed by atoms with Gasteiger partial charge in [0.15, 0.2) is 0 Å². The third kappa shape index (κ3) is 4.45. The predicted molar refractivity (Wildman–Crippen MR) is 124 cm³/mol. The van der Waals surface area contributed by atoms with Crippen LogP contribution >= 0.6 is 0 Å². The van der Waals surface area contributed by atoms with Crippen molar-refractivity contribution in [3.05, 3.63) is 70.9 Å². The zero-order chi connectivity index (χ0) is 25.6. The van der Waals surface area contributed by atoms with Crippen molar-refractivity contribution in [2.24, 2.45) is 5.92 Å². The van der Waals surface area contributed by atoms with Crippen LogP contribution in [0.2, 0.25) is 0 Å². The van der Waals surface area contributed by atoms with Crippen LogP contribution in [0.15, 0.2) is 36.8 Å². The van der Waals surface area contributed by atoms with Gasteiger partial charge in [-0.3, -0.25) is 9.20 Å². The molecule has 1 atom stereocenters. The van der Waals surface area contributed by atoms with Gasteiger partial charge in [-0.25, -0.2) is 19.3 Å². The van der Waals surface area contributed by atoms with Gasteiger partial charge in [-0.05, 0) is 43.0 Å². The normalized spacial score (nSPS) is 15.8. The Bertz CT molecular complexity index is 1460. The summed E-state index contributed by atoms with van der Waals surface area (Å²) in [5.41, 5.74) is 2.91. The van der Waals surface area contributed by atoms with Crippen molar-refractivity contribution in [2.75, 3.05) is 0 Å². The lowest BCUT2D eigenvalue weighted by Crippen LogP contribution is -2.31. The van der Waals surface area contributed by atoms with Crippen molar-refractivity contribution >= 4 is 11.7 Å². The second kappa shape index (κ2) is 9.03. The van der Waals surface area contributed by atoms with E-state index in [2.05, 4.69) is 20.3 Å². The second-order valence-electron chi connectivity index (χ2n) is 9.03. The number of amides is 1. The molecule has 4 heterocycles.